The first-order chi connectivity index (χ1) is 9.73. The van der Waals surface area contributed by atoms with Gasteiger partial charge in [-0.3, -0.25) is 4.79 Å². The molecule has 3 aliphatic carbocycles. The van der Waals surface area contributed by atoms with Crippen molar-refractivity contribution in [1.29, 1.82) is 0 Å². The molecule has 0 aromatic heterocycles. The number of ketones is 1. The molecule has 2 unspecified atom stereocenters. The molecule has 3 aliphatic rings. The second-order valence-corrected chi connectivity index (χ2v) is 6.90. The molecule has 0 amide bonds. The van der Waals surface area contributed by atoms with Gasteiger partial charge < -0.3 is 0 Å². The van der Waals surface area contributed by atoms with Gasteiger partial charge in [0, 0.05) is 11.0 Å². The van der Waals surface area contributed by atoms with Crippen molar-refractivity contribution in [2.75, 3.05) is 0 Å². The number of carbonyl (C=O) groups is 1. The average molecular weight is 266 g/mol. The summed E-state index contributed by atoms with van der Waals surface area (Å²) in [7, 11) is 0. The molecule has 1 aromatic rings. The number of aryl methyl sites for hydroxylation is 2. The van der Waals surface area contributed by atoms with Crippen LogP contribution in [-0.2, 0) is 12.8 Å². The Morgan fingerprint density at radius 2 is 2.25 bits per heavy atom. The lowest BCUT2D eigenvalue weighted by atomic mass is 9.63. The lowest BCUT2D eigenvalue weighted by molar-refractivity contribution is 0.0671. The van der Waals surface area contributed by atoms with Gasteiger partial charge in [0.15, 0.2) is 5.78 Å². The van der Waals surface area contributed by atoms with E-state index in [-0.39, 0.29) is 5.41 Å². The summed E-state index contributed by atoms with van der Waals surface area (Å²) in [5.41, 5.74) is 5.26. The van der Waals surface area contributed by atoms with E-state index in [0.29, 0.717) is 11.7 Å². The first-order valence-corrected chi connectivity index (χ1v) is 8.07. The highest BCUT2D eigenvalue weighted by molar-refractivity contribution is 6.03. The smallest absolute Gasteiger partial charge is 0.169 e. The zero-order valence-electron chi connectivity index (χ0n) is 12.2. The quantitative estimate of drug-likeness (QED) is 0.721. The Morgan fingerprint density at radius 1 is 1.35 bits per heavy atom. The molecule has 0 heterocycles. The van der Waals surface area contributed by atoms with Gasteiger partial charge in [-0.1, -0.05) is 43.2 Å². The Balaban J connectivity index is 1.71. The summed E-state index contributed by atoms with van der Waals surface area (Å²) in [6.07, 6.45) is 10.2. The Bertz CT molecular complexity index is 610. The van der Waals surface area contributed by atoms with Gasteiger partial charge in [0.1, 0.15) is 0 Å². The minimum absolute atomic E-state index is 0.0244. The molecular formula is C19H22O. The topological polar surface area (TPSA) is 17.1 Å². The average Bonchev–Trinajstić information content (AvgIpc) is 3.05. The van der Waals surface area contributed by atoms with Crippen LogP contribution in [-0.4, -0.2) is 5.78 Å². The summed E-state index contributed by atoms with van der Waals surface area (Å²) in [5.74, 6) is 1.06. The predicted octanol–water partition coefficient (Wildman–Crippen LogP) is 4.49. The van der Waals surface area contributed by atoms with Crippen LogP contribution in [0.5, 0.6) is 0 Å². The summed E-state index contributed by atoms with van der Waals surface area (Å²) in [4.78, 5) is 13.1. The van der Waals surface area contributed by atoms with E-state index in [2.05, 4.69) is 31.2 Å². The van der Waals surface area contributed by atoms with E-state index in [4.69, 9.17) is 0 Å². The van der Waals surface area contributed by atoms with Crippen LogP contribution in [0.4, 0.5) is 0 Å². The SMILES string of the molecule is CCCc1ccc2c(c1)CCC1(CC3=CCC1C3)C2=O. The fraction of sp³-hybridized carbons (Fsp3) is 0.526. The first kappa shape index (κ1) is 12.4. The largest absolute Gasteiger partial charge is 0.294 e. The normalized spacial score (nSPS) is 30.8. The van der Waals surface area contributed by atoms with E-state index in [9.17, 15) is 4.79 Å². The summed E-state index contributed by atoms with van der Waals surface area (Å²) < 4.78 is 0. The lowest BCUT2D eigenvalue weighted by Gasteiger charge is -2.38. The Morgan fingerprint density at radius 3 is 2.95 bits per heavy atom. The molecule has 0 saturated heterocycles. The molecule has 2 bridgehead atoms. The standard InChI is InChI=1S/C19H22O/c1-2-3-13-5-7-17-15(10-13)8-9-19(18(17)20)12-14-4-6-16(19)11-14/h4-5,7,10,16H,2-3,6,8-9,11-12H2,1H3. The molecule has 1 heteroatoms. The maximum absolute atomic E-state index is 13.1. The third-order valence-corrected chi connectivity index (χ3v) is 5.77. The van der Waals surface area contributed by atoms with Crippen molar-refractivity contribution < 1.29 is 4.79 Å². The lowest BCUT2D eigenvalue weighted by Crippen LogP contribution is -2.39. The second kappa shape index (κ2) is 4.31. The Hall–Kier alpha value is -1.37. The third-order valence-electron chi connectivity index (χ3n) is 5.77. The summed E-state index contributed by atoms with van der Waals surface area (Å²) >= 11 is 0. The number of Topliss-reactive ketones (excluding diaryl/α,β-unsaturated/α-hetero) is 1. The van der Waals surface area contributed by atoms with E-state index in [0.717, 1.165) is 37.7 Å². The Labute approximate surface area is 121 Å². The molecule has 1 saturated carbocycles. The highest BCUT2D eigenvalue weighted by Gasteiger charge is 2.53. The van der Waals surface area contributed by atoms with Crippen LogP contribution in [0.15, 0.2) is 29.8 Å². The van der Waals surface area contributed by atoms with Gasteiger partial charge in [-0.05, 0) is 55.6 Å². The van der Waals surface area contributed by atoms with Gasteiger partial charge in [-0.2, -0.15) is 0 Å². The van der Waals surface area contributed by atoms with Crippen LogP contribution in [0, 0.1) is 11.3 Å². The van der Waals surface area contributed by atoms with E-state index < -0.39 is 0 Å². The summed E-state index contributed by atoms with van der Waals surface area (Å²) in [6.45, 7) is 2.21. The van der Waals surface area contributed by atoms with Crippen molar-refractivity contribution in [1.82, 2.24) is 0 Å². The monoisotopic (exact) mass is 266 g/mol. The fourth-order valence-electron chi connectivity index (χ4n) is 4.72. The zero-order valence-corrected chi connectivity index (χ0v) is 12.2. The maximum Gasteiger partial charge on any atom is 0.169 e. The van der Waals surface area contributed by atoms with Crippen molar-refractivity contribution in [3.8, 4) is 0 Å². The summed E-state index contributed by atoms with van der Waals surface area (Å²) in [6, 6.07) is 6.58. The molecular weight excluding hydrogens is 244 g/mol. The molecule has 0 aliphatic heterocycles. The van der Waals surface area contributed by atoms with Crippen molar-refractivity contribution in [2.45, 2.75) is 51.9 Å². The van der Waals surface area contributed by atoms with Crippen LogP contribution in [0.2, 0.25) is 0 Å². The first-order valence-electron chi connectivity index (χ1n) is 8.07. The number of hydrogen-bond donors (Lipinski definition) is 0. The van der Waals surface area contributed by atoms with Crippen LogP contribution >= 0.6 is 0 Å². The van der Waals surface area contributed by atoms with E-state index in [1.165, 1.54) is 24.0 Å². The third kappa shape index (κ3) is 1.58. The molecule has 0 radical (unpaired) electrons. The highest BCUT2D eigenvalue weighted by atomic mass is 16.1. The highest BCUT2D eigenvalue weighted by Crippen LogP contribution is 2.58. The van der Waals surface area contributed by atoms with Gasteiger partial charge in [-0.15, -0.1) is 0 Å². The number of rotatable bonds is 2. The van der Waals surface area contributed by atoms with E-state index in [1.807, 2.05) is 0 Å². The molecule has 0 N–H and O–H groups in total. The van der Waals surface area contributed by atoms with Crippen molar-refractivity contribution >= 4 is 5.78 Å². The van der Waals surface area contributed by atoms with Crippen LogP contribution in [0.1, 0.15) is 60.5 Å². The molecule has 104 valence electrons. The molecule has 1 spiro atoms. The van der Waals surface area contributed by atoms with Crippen LogP contribution < -0.4 is 0 Å². The number of benzene rings is 1. The van der Waals surface area contributed by atoms with Crippen LogP contribution in [0.25, 0.3) is 0 Å². The molecule has 1 nitrogen and oxygen atoms in total. The number of hydrogen-bond acceptors (Lipinski definition) is 1. The number of allylic oxidation sites excluding steroid dienone is 2. The molecule has 1 aromatic carbocycles. The van der Waals surface area contributed by atoms with Crippen molar-refractivity contribution in [2.24, 2.45) is 11.3 Å². The molecule has 20 heavy (non-hydrogen) atoms. The minimum Gasteiger partial charge on any atom is -0.294 e. The molecule has 2 atom stereocenters. The predicted molar refractivity (Wildman–Crippen MR) is 80.9 cm³/mol. The zero-order chi connectivity index (χ0) is 13.7. The van der Waals surface area contributed by atoms with Gasteiger partial charge in [0.2, 0.25) is 0 Å². The van der Waals surface area contributed by atoms with Gasteiger partial charge >= 0.3 is 0 Å². The fourth-order valence-corrected chi connectivity index (χ4v) is 4.72. The molecule has 4 rings (SSSR count). The Kier molecular flexibility index (Phi) is 2.67. The van der Waals surface area contributed by atoms with Crippen LogP contribution in [0.3, 0.4) is 0 Å². The molecule has 1 fully saturated rings. The van der Waals surface area contributed by atoms with Gasteiger partial charge in [0.05, 0.1) is 0 Å². The number of fused-ring (bicyclic) bond motifs is 4. The van der Waals surface area contributed by atoms with Crippen molar-refractivity contribution in [3.63, 3.8) is 0 Å². The van der Waals surface area contributed by atoms with Crippen molar-refractivity contribution in [3.05, 3.63) is 46.5 Å². The number of carbonyl (C=O) groups excluding carboxylic acids is 1. The second-order valence-electron chi connectivity index (χ2n) is 6.90. The van der Waals surface area contributed by atoms with Gasteiger partial charge in [-0.25, -0.2) is 0 Å². The minimum atomic E-state index is -0.0244. The maximum atomic E-state index is 13.1. The van der Waals surface area contributed by atoms with E-state index in [1.54, 1.807) is 5.57 Å². The van der Waals surface area contributed by atoms with Gasteiger partial charge in [0.25, 0.3) is 0 Å². The summed E-state index contributed by atoms with van der Waals surface area (Å²) in [5, 5.41) is 0. The van der Waals surface area contributed by atoms with E-state index >= 15 is 0 Å².